The van der Waals surface area contributed by atoms with Crippen molar-refractivity contribution in [2.45, 2.75) is 25.3 Å². The summed E-state index contributed by atoms with van der Waals surface area (Å²) in [5.41, 5.74) is 5.11. The molecule has 3 aliphatic rings. The summed E-state index contributed by atoms with van der Waals surface area (Å²) < 4.78 is 2.22. The van der Waals surface area contributed by atoms with Gasteiger partial charge in [-0.3, -0.25) is 10.1 Å². The molecule has 0 spiro atoms. The second-order valence-electron chi connectivity index (χ2n) is 7.39. The van der Waals surface area contributed by atoms with Gasteiger partial charge in [0.25, 0.3) is 0 Å². The fraction of sp³-hybridized carbons (Fsp3) is 0.273. The number of hydrogen-bond acceptors (Lipinski definition) is 3. The van der Waals surface area contributed by atoms with E-state index in [1.165, 1.54) is 5.56 Å². The third kappa shape index (κ3) is 2.53. The quantitative estimate of drug-likeness (QED) is 0.496. The second kappa shape index (κ2) is 6.27. The lowest BCUT2D eigenvalue weighted by atomic mass is 9.87. The molecule has 0 amide bonds. The van der Waals surface area contributed by atoms with Gasteiger partial charge in [0, 0.05) is 31.1 Å². The lowest BCUT2D eigenvalue weighted by Crippen LogP contribution is -2.39. The molecule has 6 rings (SSSR count). The van der Waals surface area contributed by atoms with E-state index in [2.05, 4.69) is 21.6 Å². The summed E-state index contributed by atoms with van der Waals surface area (Å²) in [6.45, 7) is 2.50. The molecular weight excluding hydrogens is 338 g/mol. The van der Waals surface area contributed by atoms with Crippen LogP contribution in [0.4, 0.5) is 11.4 Å². The first-order valence-corrected chi connectivity index (χ1v) is 9.49. The van der Waals surface area contributed by atoms with Crippen molar-refractivity contribution in [1.82, 2.24) is 4.57 Å². The second-order valence-corrected chi connectivity index (χ2v) is 7.39. The van der Waals surface area contributed by atoms with Gasteiger partial charge < -0.3 is 9.47 Å². The van der Waals surface area contributed by atoms with E-state index in [9.17, 15) is 10.1 Å². The number of nitrogens with zero attached hydrogens (tertiary/aromatic N) is 3. The molecule has 0 unspecified atom stereocenters. The highest BCUT2D eigenvalue weighted by molar-refractivity contribution is 5.86. The van der Waals surface area contributed by atoms with Crippen molar-refractivity contribution in [1.29, 1.82) is 0 Å². The molecule has 5 nitrogen and oxygen atoms in total. The SMILES string of the molecule is O=[N+]([O-])c1c2c(n(Cc3ccccc3)c1-c1ccccc1)C1CCN2CC1. The summed E-state index contributed by atoms with van der Waals surface area (Å²) in [5, 5.41) is 12.2. The molecule has 3 aromatic rings. The van der Waals surface area contributed by atoms with Crippen molar-refractivity contribution in [3.8, 4) is 11.3 Å². The van der Waals surface area contributed by atoms with Crippen molar-refractivity contribution in [2.24, 2.45) is 0 Å². The van der Waals surface area contributed by atoms with E-state index in [4.69, 9.17) is 0 Å². The fourth-order valence-corrected chi connectivity index (χ4v) is 4.70. The molecule has 27 heavy (non-hydrogen) atoms. The molecule has 0 saturated carbocycles. The van der Waals surface area contributed by atoms with E-state index in [-0.39, 0.29) is 10.6 Å². The van der Waals surface area contributed by atoms with E-state index >= 15 is 0 Å². The summed E-state index contributed by atoms with van der Waals surface area (Å²) in [5.74, 6) is 0.407. The van der Waals surface area contributed by atoms with Crippen LogP contribution in [-0.2, 0) is 6.54 Å². The molecule has 0 N–H and O–H groups in total. The Morgan fingerprint density at radius 1 is 0.963 bits per heavy atom. The molecule has 2 aromatic carbocycles. The minimum atomic E-state index is -0.177. The van der Waals surface area contributed by atoms with Gasteiger partial charge in [0.1, 0.15) is 11.4 Å². The smallest absolute Gasteiger partial charge is 0.318 e. The first-order valence-electron chi connectivity index (χ1n) is 9.49. The van der Waals surface area contributed by atoms with Crippen molar-refractivity contribution < 1.29 is 4.92 Å². The Kier molecular flexibility index (Phi) is 3.74. The number of aromatic nitrogens is 1. The third-order valence-corrected chi connectivity index (χ3v) is 5.86. The van der Waals surface area contributed by atoms with Crippen molar-refractivity contribution >= 4 is 11.4 Å². The lowest BCUT2D eigenvalue weighted by Gasteiger charge is -2.40. The van der Waals surface area contributed by atoms with Crippen molar-refractivity contribution in [2.75, 3.05) is 18.0 Å². The molecule has 136 valence electrons. The van der Waals surface area contributed by atoms with E-state index in [1.807, 2.05) is 48.5 Å². The number of hydrogen-bond donors (Lipinski definition) is 0. The zero-order valence-electron chi connectivity index (χ0n) is 15.0. The van der Waals surface area contributed by atoms with Crippen LogP contribution >= 0.6 is 0 Å². The highest BCUT2D eigenvalue weighted by atomic mass is 16.6. The number of piperidine rings is 1. The van der Waals surface area contributed by atoms with E-state index in [1.54, 1.807) is 0 Å². The molecule has 0 atom stereocenters. The summed E-state index contributed by atoms with van der Waals surface area (Å²) in [6, 6.07) is 20.0. The van der Waals surface area contributed by atoms with E-state index in [0.29, 0.717) is 12.5 Å². The molecule has 0 aliphatic carbocycles. The third-order valence-electron chi connectivity index (χ3n) is 5.86. The van der Waals surface area contributed by atoms with Gasteiger partial charge in [0.2, 0.25) is 0 Å². The first-order chi connectivity index (χ1) is 13.2. The molecule has 3 aliphatic heterocycles. The maximum Gasteiger partial charge on any atom is 0.318 e. The Labute approximate surface area is 158 Å². The average Bonchev–Trinajstić information content (AvgIpc) is 3.08. The number of fused-ring (bicyclic) bond motifs is 2. The van der Waals surface area contributed by atoms with Crippen LogP contribution in [0.3, 0.4) is 0 Å². The molecule has 4 heterocycles. The van der Waals surface area contributed by atoms with Crippen LogP contribution in [0.1, 0.15) is 30.0 Å². The predicted molar refractivity (Wildman–Crippen MR) is 106 cm³/mol. The maximum absolute atomic E-state index is 12.2. The summed E-state index contributed by atoms with van der Waals surface area (Å²) >= 11 is 0. The maximum atomic E-state index is 12.2. The highest BCUT2D eigenvalue weighted by Crippen LogP contribution is 2.52. The fourth-order valence-electron chi connectivity index (χ4n) is 4.70. The number of nitro groups is 1. The van der Waals surface area contributed by atoms with Crippen LogP contribution in [0.25, 0.3) is 11.3 Å². The summed E-state index contributed by atoms with van der Waals surface area (Å²) in [7, 11) is 0. The number of benzene rings is 2. The Morgan fingerprint density at radius 2 is 1.59 bits per heavy atom. The number of rotatable bonds is 4. The Hall–Kier alpha value is -3.08. The van der Waals surface area contributed by atoms with Gasteiger partial charge >= 0.3 is 5.69 Å². The minimum Gasteiger partial charge on any atom is -0.364 e. The molecular formula is C22H21N3O2. The predicted octanol–water partition coefficient (Wildman–Crippen LogP) is 4.81. The minimum absolute atomic E-state index is 0.177. The normalized spacial score (nSPS) is 15.8. The van der Waals surface area contributed by atoms with Crippen LogP contribution in [0.2, 0.25) is 0 Å². The van der Waals surface area contributed by atoms with Crippen LogP contribution in [0, 0.1) is 10.1 Å². The van der Waals surface area contributed by atoms with Gasteiger partial charge in [-0.2, -0.15) is 0 Å². The van der Waals surface area contributed by atoms with Gasteiger partial charge in [-0.05, 0) is 18.4 Å². The average molecular weight is 359 g/mol. The van der Waals surface area contributed by atoms with E-state index in [0.717, 1.165) is 48.6 Å². The number of anilines is 1. The summed E-state index contributed by atoms with van der Waals surface area (Å²) in [6.07, 6.45) is 2.16. The summed E-state index contributed by atoms with van der Waals surface area (Å²) in [4.78, 5) is 14.2. The lowest BCUT2D eigenvalue weighted by molar-refractivity contribution is -0.383. The monoisotopic (exact) mass is 359 g/mol. The Morgan fingerprint density at radius 3 is 2.22 bits per heavy atom. The van der Waals surface area contributed by atoms with Gasteiger partial charge in [-0.25, -0.2) is 0 Å². The molecule has 5 heteroatoms. The Balaban J connectivity index is 1.80. The first kappa shape index (κ1) is 16.1. The largest absolute Gasteiger partial charge is 0.364 e. The molecule has 1 aromatic heterocycles. The highest BCUT2D eigenvalue weighted by Gasteiger charge is 2.43. The van der Waals surface area contributed by atoms with Crippen LogP contribution in [0.15, 0.2) is 60.7 Å². The van der Waals surface area contributed by atoms with Gasteiger partial charge in [0.05, 0.1) is 10.6 Å². The van der Waals surface area contributed by atoms with E-state index < -0.39 is 0 Å². The van der Waals surface area contributed by atoms with Crippen LogP contribution in [0.5, 0.6) is 0 Å². The zero-order chi connectivity index (χ0) is 18.4. The van der Waals surface area contributed by atoms with Crippen LogP contribution < -0.4 is 4.90 Å². The van der Waals surface area contributed by atoms with Gasteiger partial charge in [0.15, 0.2) is 0 Å². The molecule has 2 bridgehead atoms. The van der Waals surface area contributed by atoms with Crippen molar-refractivity contribution in [3.63, 3.8) is 0 Å². The molecule has 1 saturated heterocycles. The van der Waals surface area contributed by atoms with Gasteiger partial charge in [-0.15, -0.1) is 0 Å². The topological polar surface area (TPSA) is 51.3 Å². The Bertz CT molecular complexity index is 987. The molecule has 0 radical (unpaired) electrons. The standard InChI is InChI=1S/C22H21N3O2/c26-25(27)22-20(17-9-5-2-6-10-17)24(15-16-7-3-1-4-8-16)19-18-11-13-23(14-12-18)21(19)22/h1-10,18H,11-15H2. The molecule has 1 fully saturated rings. The van der Waals surface area contributed by atoms with Gasteiger partial charge in [-0.1, -0.05) is 60.7 Å². The zero-order valence-corrected chi connectivity index (χ0v) is 15.0. The van der Waals surface area contributed by atoms with Crippen LogP contribution in [-0.4, -0.2) is 22.6 Å². The van der Waals surface area contributed by atoms with Crippen molar-refractivity contribution in [3.05, 3.63) is 82.0 Å².